The third-order valence-electron chi connectivity index (χ3n) is 3.10. The van der Waals surface area contributed by atoms with E-state index in [2.05, 4.69) is 30.7 Å². The molecule has 0 unspecified atom stereocenters. The van der Waals surface area contributed by atoms with Crippen LogP contribution in [0.2, 0.25) is 0 Å². The first-order valence-corrected chi connectivity index (χ1v) is 6.63. The Morgan fingerprint density at radius 1 is 1.29 bits per heavy atom. The summed E-state index contributed by atoms with van der Waals surface area (Å²) in [7, 11) is 0. The summed E-state index contributed by atoms with van der Waals surface area (Å²) in [5.74, 6) is -0.418. The molecule has 5 nitrogen and oxygen atoms in total. The molecule has 0 saturated heterocycles. The van der Waals surface area contributed by atoms with Gasteiger partial charge in [-0.2, -0.15) is 4.98 Å². The molecule has 0 aliphatic carbocycles. The molecule has 0 fully saturated rings. The number of hydrogen-bond acceptors (Lipinski definition) is 4. The van der Waals surface area contributed by atoms with E-state index in [1.807, 2.05) is 24.3 Å². The highest BCUT2D eigenvalue weighted by Crippen LogP contribution is 2.27. The molecule has 21 heavy (non-hydrogen) atoms. The Bertz CT molecular complexity index is 675. The Balaban J connectivity index is 2.27. The second-order valence-corrected chi connectivity index (χ2v) is 5.84. The summed E-state index contributed by atoms with van der Waals surface area (Å²) >= 11 is 0. The molecule has 1 heterocycles. The molecule has 1 aromatic heterocycles. The van der Waals surface area contributed by atoms with E-state index in [9.17, 15) is 4.79 Å². The molecule has 0 amide bonds. The Kier molecular flexibility index (Phi) is 3.93. The lowest BCUT2D eigenvalue weighted by Gasteiger charge is -2.19. The van der Waals surface area contributed by atoms with Crippen molar-refractivity contribution < 1.29 is 14.6 Å². The molecule has 0 saturated carbocycles. The van der Waals surface area contributed by atoms with Gasteiger partial charge >= 0.3 is 12.0 Å². The molecule has 0 aliphatic heterocycles. The second-order valence-electron chi connectivity index (χ2n) is 5.84. The molecular formula is C16H18N2O3. The van der Waals surface area contributed by atoms with E-state index in [1.165, 1.54) is 6.20 Å². The van der Waals surface area contributed by atoms with Crippen molar-refractivity contribution in [3.63, 3.8) is 0 Å². The van der Waals surface area contributed by atoms with Gasteiger partial charge in [0, 0.05) is 6.20 Å². The number of nitrogens with zero attached hydrogens (tertiary/aromatic N) is 2. The summed E-state index contributed by atoms with van der Waals surface area (Å²) in [5.41, 5.74) is 1.60. The zero-order chi connectivity index (χ0) is 15.6. The molecule has 0 aliphatic rings. The van der Waals surface area contributed by atoms with Gasteiger partial charge in [-0.1, -0.05) is 32.9 Å². The zero-order valence-electron chi connectivity index (χ0n) is 12.5. The molecule has 1 aromatic carbocycles. The van der Waals surface area contributed by atoms with Crippen molar-refractivity contribution in [3.05, 3.63) is 47.3 Å². The minimum absolute atomic E-state index is 0.0172. The fourth-order valence-electron chi connectivity index (χ4n) is 1.84. The highest BCUT2D eigenvalue weighted by Gasteiger charge is 2.15. The number of rotatable bonds is 3. The van der Waals surface area contributed by atoms with E-state index in [-0.39, 0.29) is 17.0 Å². The molecule has 0 spiro atoms. The van der Waals surface area contributed by atoms with Gasteiger partial charge in [0.05, 0.1) is 11.3 Å². The van der Waals surface area contributed by atoms with Gasteiger partial charge in [0.25, 0.3) is 0 Å². The van der Waals surface area contributed by atoms with Crippen molar-refractivity contribution in [2.45, 2.75) is 33.1 Å². The number of ether oxygens (including phenoxy) is 1. The molecule has 0 atom stereocenters. The number of benzene rings is 1. The molecule has 2 aromatic rings. The third kappa shape index (κ3) is 3.56. The van der Waals surface area contributed by atoms with Crippen molar-refractivity contribution in [3.8, 4) is 11.8 Å². The molecule has 0 radical (unpaired) electrons. The van der Waals surface area contributed by atoms with Crippen LogP contribution in [0, 0.1) is 6.92 Å². The topological polar surface area (TPSA) is 72.3 Å². The van der Waals surface area contributed by atoms with Crippen LogP contribution < -0.4 is 4.74 Å². The van der Waals surface area contributed by atoms with Crippen LogP contribution in [0.4, 0.5) is 0 Å². The molecule has 110 valence electrons. The minimum Gasteiger partial charge on any atom is -0.478 e. The fourth-order valence-corrected chi connectivity index (χ4v) is 1.84. The van der Waals surface area contributed by atoms with E-state index in [1.54, 1.807) is 6.92 Å². The van der Waals surface area contributed by atoms with Gasteiger partial charge in [0.2, 0.25) is 0 Å². The summed E-state index contributed by atoms with van der Waals surface area (Å²) in [6, 6.07) is 7.84. The first-order valence-electron chi connectivity index (χ1n) is 6.63. The van der Waals surface area contributed by atoms with Crippen LogP contribution in [0.25, 0.3) is 0 Å². The van der Waals surface area contributed by atoms with Crippen LogP contribution in [-0.2, 0) is 5.41 Å². The molecule has 5 heteroatoms. The summed E-state index contributed by atoms with van der Waals surface area (Å²) < 4.78 is 5.61. The predicted molar refractivity (Wildman–Crippen MR) is 78.9 cm³/mol. The van der Waals surface area contributed by atoms with Gasteiger partial charge in [-0.15, -0.1) is 0 Å². The lowest BCUT2D eigenvalue weighted by atomic mass is 9.87. The van der Waals surface area contributed by atoms with Crippen LogP contribution >= 0.6 is 0 Å². The van der Waals surface area contributed by atoms with Gasteiger partial charge in [0.15, 0.2) is 0 Å². The van der Waals surface area contributed by atoms with E-state index in [0.717, 1.165) is 5.56 Å². The van der Waals surface area contributed by atoms with E-state index >= 15 is 0 Å². The van der Waals surface area contributed by atoms with Gasteiger partial charge in [-0.05, 0) is 30.0 Å². The number of aromatic carboxylic acids is 1. The standard InChI is InChI=1S/C16H18N2O3/c1-10-13(14(19)20)9-17-15(18-10)21-12-7-5-6-11(8-12)16(2,3)4/h5-9H,1-4H3,(H,19,20). The normalized spacial score (nSPS) is 11.2. The smallest absolute Gasteiger partial charge is 0.339 e. The monoisotopic (exact) mass is 286 g/mol. The van der Waals surface area contributed by atoms with Crippen molar-refractivity contribution in [2.24, 2.45) is 0 Å². The molecule has 2 rings (SSSR count). The number of aromatic nitrogens is 2. The summed E-state index contributed by atoms with van der Waals surface area (Å²) in [5, 5.41) is 8.95. The Morgan fingerprint density at radius 2 is 2.00 bits per heavy atom. The van der Waals surface area contributed by atoms with Gasteiger partial charge < -0.3 is 9.84 Å². The highest BCUT2D eigenvalue weighted by atomic mass is 16.5. The van der Waals surface area contributed by atoms with Crippen LogP contribution in [-0.4, -0.2) is 21.0 Å². The van der Waals surface area contributed by atoms with Gasteiger partial charge in [-0.3, -0.25) is 0 Å². The number of carboxylic acids is 1. The third-order valence-corrected chi connectivity index (χ3v) is 3.10. The fraction of sp³-hybridized carbons (Fsp3) is 0.312. The molecular weight excluding hydrogens is 268 g/mol. The van der Waals surface area contributed by atoms with Crippen molar-refractivity contribution >= 4 is 5.97 Å². The van der Waals surface area contributed by atoms with Gasteiger partial charge in [-0.25, -0.2) is 9.78 Å². The molecule has 0 bridgehead atoms. The number of aryl methyl sites for hydroxylation is 1. The first kappa shape index (κ1) is 15.0. The van der Waals surface area contributed by atoms with E-state index in [4.69, 9.17) is 9.84 Å². The average molecular weight is 286 g/mol. The summed E-state index contributed by atoms with van der Waals surface area (Å²) in [6.07, 6.45) is 1.26. The molecule has 1 N–H and O–H groups in total. The maximum absolute atomic E-state index is 10.9. The largest absolute Gasteiger partial charge is 0.478 e. The average Bonchev–Trinajstić information content (AvgIpc) is 2.37. The van der Waals surface area contributed by atoms with Crippen LogP contribution in [0.1, 0.15) is 42.4 Å². The lowest BCUT2D eigenvalue weighted by Crippen LogP contribution is -2.10. The Labute approximate surface area is 123 Å². The Hall–Kier alpha value is -2.43. The summed E-state index contributed by atoms with van der Waals surface area (Å²) in [6.45, 7) is 7.97. The quantitative estimate of drug-likeness (QED) is 0.933. The van der Waals surface area contributed by atoms with Crippen LogP contribution in [0.15, 0.2) is 30.5 Å². The SMILES string of the molecule is Cc1nc(Oc2cccc(C(C)(C)C)c2)ncc1C(=O)O. The van der Waals surface area contributed by atoms with Crippen LogP contribution in [0.5, 0.6) is 11.8 Å². The number of carbonyl (C=O) groups is 1. The number of hydrogen-bond donors (Lipinski definition) is 1. The first-order chi connectivity index (χ1) is 9.77. The van der Waals surface area contributed by atoms with Crippen molar-refractivity contribution in [2.75, 3.05) is 0 Å². The Morgan fingerprint density at radius 3 is 2.57 bits per heavy atom. The minimum atomic E-state index is -1.05. The predicted octanol–water partition coefficient (Wildman–Crippen LogP) is 3.57. The van der Waals surface area contributed by atoms with Crippen molar-refractivity contribution in [1.82, 2.24) is 9.97 Å². The lowest BCUT2D eigenvalue weighted by molar-refractivity contribution is 0.0695. The maximum Gasteiger partial charge on any atom is 0.339 e. The van der Waals surface area contributed by atoms with E-state index in [0.29, 0.717) is 11.4 Å². The summed E-state index contributed by atoms with van der Waals surface area (Å²) in [4.78, 5) is 18.9. The van der Waals surface area contributed by atoms with Gasteiger partial charge in [0.1, 0.15) is 5.75 Å². The second kappa shape index (κ2) is 5.52. The number of carboxylic acid groups (broad SMARTS) is 1. The highest BCUT2D eigenvalue weighted by molar-refractivity contribution is 5.88. The van der Waals surface area contributed by atoms with E-state index < -0.39 is 5.97 Å². The maximum atomic E-state index is 10.9. The van der Waals surface area contributed by atoms with Crippen molar-refractivity contribution in [1.29, 1.82) is 0 Å². The zero-order valence-corrected chi connectivity index (χ0v) is 12.5. The van der Waals surface area contributed by atoms with Crippen LogP contribution in [0.3, 0.4) is 0 Å².